The molecule has 0 radical (unpaired) electrons. The minimum Gasteiger partial charge on any atom is -0.0807 e. The first-order valence-corrected chi connectivity index (χ1v) is 7.98. The Kier molecular flexibility index (Phi) is 4.35. The van der Waals surface area contributed by atoms with Crippen molar-refractivity contribution in [1.82, 2.24) is 0 Å². The fourth-order valence-electron chi connectivity index (χ4n) is 2.65. The molecule has 0 spiro atoms. The minimum atomic E-state index is 0.0369. The molecule has 0 heterocycles. The maximum atomic E-state index is 3.73. The maximum absolute atomic E-state index is 3.73. The zero-order valence-electron chi connectivity index (χ0n) is 12.3. The lowest BCUT2D eigenvalue weighted by Gasteiger charge is -2.18. The van der Waals surface area contributed by atoms with Gasteiger partial charge in [0.05, 0.1) is 0 Å². The van der Waals surface area contributed by atoms with Crippen LogP contribution in [0, 0.1) is 0 Å². The van der Waals surface area contributed by atoms with Gasteiger partial charge < -0.3 is 0 Å². The quantitative estimate of drug-likeness (QED) is 0.574. The Morgan fingerprint density at radius 2 is 1.53 bits per heavy atom. The highest BCUT2D eigenvalue weighted by Gasteiger charge is 2.16. The largest absolute Gasteiger partial charge is 0.0807 e. The lowest BCUT2D eigenvalue weighted by molar-refractivity contribution is 0.643. The van der Waals surface area contributed by atoms with Gasteiger partial charge in [-0.05, 0) is 60.6 Å². The summed E-state index contributed by atoms with van der Waals surface area (Å²) in [5.74, 6) is 0.691. The highest BCUT2D eigenvalue weighted by atomic mass is 79.9. The van der Waals surface area contributed by atoms with E-state index in [9.17, 15) is 0 Å². The SMILES string of the molecule is CCC(CC)c1ccc2cc(C(C)(C)Br)ccc2c1. The number of hydrogen-bond donors (Lipinski definition) is 0. The van der Waals surface area contributed by atoms with E-state index in [2.05, 4.69) is 80.0 Å². The molecule has 2 aromatic carbocycles. The number of benzene rings is 2. The number of hydrogen-bond acceptors (Lipinski definition) is 0. The van der Waals surface area contributed by atoms with Crippen molar-refractivity contribution in [2.24, 2.45) is 0 Å². The predicted molar refractivity (Wildman–Crippen MR) is 89.2 cm³/mol. The minimum absolute atomic E-state index is 0.0369. The second kappa shape index (κ2) is 5.66. The van der Waals surface area contributed by atoms with Gasteiger partial charge in [0.1, 0.15) is 0 Å². The van der Waals surface area contributed by atoms with Crippen molar-refractivity contribution in [3.63, 3.8) is 0 Å². The Morgan fingerprint density at radius 1 is 0.947 bits per heavy atom. The van der Waals surface area contributed by atoms with Crippen molar-refractivity contribution in [3.8, 4) is 0 Å². The zero-order valence-corrected chi connectivity index (χ0v) is 13.9. The molecule has 0 aliphatic rings. The first-order valence-electron chi connectivity index (χ1n) is 7.18. The molecule has 0 nitrogen and oxygen atoms in total. The van der Waals surface area contributed by atoms with Crippen LogP contribution >= 0.6 is 15.9 Å². The van der Waals surface area contributed by atoms with Crippen LogP contribution in [0.5, 0.6) is 0 Å². The molecule has 19 heavy (non-hydrogen) atoms. The summed E-state index contributed by atoms with van der Waals surface area (Å²) in [4.78, 5) is 0. The van der Waals surface area contributed by atoms with E-state index in [0.29, 0.717) is 5.92 Å². The molecule has 2 aromatic rings. The molecule has 0 atom stereocenters. The van der Waals surface area contributed by atoms with E-state index in [0.717, 1.165) is 0 Å². The van der Waals surface area contributed by atoms with Crippen molar-refractivity contribution in [3.05, 3.63) is 47.5 Å². The normalized spacial score (nSPS) is 12.3. The zero-order chi connectivity index (χ0) is 14.0. The van der Waals surface area contributed by atoms with Crippen molar-refractivity contribution in [2.45, 2.75) is 50.8 Å². The predicted octanol–water partition coefficient (Wildman–Crippen LogP) is 6.37. The number of alkyl halides is 1. The van der Waals surface area contributed by atoms with E-state index >= 15 is 0 Å². The summed E-state index contributed by atoms with van der Waals surface area (Å²) in [5, 5.41) is 2.68. The van der Waals surface area contributed by atoms with Gasteiger partial charge in [0.15, 0.2) is 0 Å². The average molecular weight is 319 g/mol. The van der Waals surface area contributed by atoms with Crippen LogP contribution in [0.2, 0.25) is 0 Å². The highest BCUT2D eigenvalue weighted by Crippen LogP contribution is 2.33. The summed E-state index contributed by atoms with van der Waals surface area (Å²) in [6.07, 6.45) is 2.43. The second-order valence-corrected chi connectivity index (χ2v) is 7.79. The van der Waals surface area contributed by atoms with Crippen molar-refractivity contribution < 1.29 is 0 Å². The summed E-state index contributed by atoms with van der Waals surface area (Å²) in [6, 6.07) is 13.7. The van der Waals surface area contributed by atoms with Crippen LogP contribution in [0.4, 0.5) is 0 Å². The molecule has 0 fully saturated rings. The molecular weight excluding hydrogens is 296 g/mol. The van der Waals surface area contributed by atoms with Gasteiger partial charge in [-0.15, -0.1) is 0 Å². The van der Waals surface area contributed by atoms with Crippen LogP contribution in [0.1, 0.15) is 57.6 Å². The summed E-state index contributed by atoms with van der Waals surface area (Å²) in [5.41, 5.74) is 2.80. The molecule has 0 amide bonds. The number of rotatable bonds is 4. The standard InChI is InChI=1S/C18H23Br/c1-5-13(6-2)14-7-8-16-12-17(18(3,4)19)10-9-15(16)11-14/h7-13H,5-6H2,1-4H3. The van der Waals surface area contributed by atoms with E-state index < -0.39 is 0 Å². The summed E-state index contributed by atoms with van der Waals surface area (Å²) in [7, 11) is 0. The third kappa shape index (κ3) is 3.20. The highest BCUT2D eigenvalue weighted by molar-refractivity contribution is 9.09. The molecule has 1 heteroatoms. The van der Waals surface area contributed by atoms with Crippen LogP contribution in [-0.4, -0.2) is 0 Å². The van der Waals surface area contributed by atoms with E-state index in [1.54, 1.807) is 0 Å². The monoisotopic (exact) mass is 318 g/mol. The Hall–Kier alpha value is -0.820. The molecule has 0 saturated carbocycles. The van der Waals surface area contributed by atoms with E-state index in [-0.39, 0.29) is 4.32 Å². The molecule has 0 bridgehead atoms. The van der Waals surface area contributed by atoms with Gasteiger partial charge in [0.2, 0.25) is 0 Å². The fourth-order valence-corrected chi connectivity index (χ4v) is 2.89. The lowest BCUT2D eigenvalue weighted by Crippen LogP contribution is -2.06. The molecule has 0 N–H and O–H groups in total. The molecule has 102 valence electrons. The average Bonchev–Trinajstić information content (AvgIpc) is 2.38. The summed E-state index contributed by atoms with van der Waals surface area (Å²) < 4.78 is 0.0369. The fraction of sp³-hybridized carbons (Fsp3) is 0.444. The Morgan fingerprint density at radius 3 is 2.11 bits per heavy atom. The Balaban J connectivity index is 2.46. The van der Waals surface area contributed by atoms with Crippen molar-refractivity contribution >= 4 is 26.7 Å². The molecule has 0 saturated heterocycles. The summed E-state index contributed by atoms with van der Waals surface area (Å²) in [6.45, 7) is 8.92. The van der Waals surface area contributed by atoms with Crippen LogP contribution in [0.25, 0.3) is 10.8 Å². The molecule has 2 rings (SSSR count). The second-order valence-electron chi connectivity index (χ2n) is 5.81. The van der Waals surface area contributed by atoms with E-state index in [1.165, 1.54) is 34.7 Å². The van der Waals surface area contributed by atoms with Gasteiger partial charge in [-0.1, -0.05) is 60.1 Å². The van der Waals surface area contributed by atoms with Crippen LogP contribution in [0.3, 0.4) is 0 Å². The molecule has 0 aromatic heterocycles. The van der Waals surface area contributed by atoms with Gasteiger partial charge in [-0.3, -0.25) is 0 Å². The van der Waals surface area contributed by atoms with Gasteiger partial charge in [-0.2, -0.15) is 0 Å². The topological polar surface area (TPSA) is 0 Å². The van der Waals surface area contributed by atoms with Gasteiger partial charge in [-0.25, -0.2) is 0 Å². The Bertz CT molecular complexity index is 559. The van der Waals surface area contributed by atoms with Crippen LogP contribution < -0.4 is 0 Å². The van der Waals surface area contributed by atoms with Crippen LogP contribution in [0.15, 0.2) is 36.4 Å². The van der Waals surface area contributed by atoms with Gasteiger partial charge >= 0.3 is 0 Å². The van der Waals surface area contributed by atoms with E-state index in [1.807, 2.05) is 0 Å². The number of halogens is 1. The maximum Gasteiger partial charge on any atom is 0.0450 e. The van der Waals surface area contributed by atoms with E-state index in [4.69, 9.17) is 0 Å². The molecule has 0 aliphatic heterocycles. The third-order valence-corrected chi connectivity index (χ3v) is 4.47. The van der Waals surface area contributed by atoms with Crippen molar-refractivity contribution in [2.75, 3.05) is 0 Å². The Labute approximate surface area is 125 Å². The molecular formula is C18H23Br. The lowest BCUT2D eigenvalue weighted by atomic mass is 9.91. The molecule has 0 aliphatic carbocycles. The molecule has 0 unspecified atom stereocenters. The summed E-state index contributed by atoms with van der Waals surface area (Å²) >= 11 is 3.73. The first-order chi connectivity index (χ1) is 8.95. The first kappa shape index (κ1) is 14.6. The number of fused-ring (bicyclic) bond motifs is 1. The van der Waals surface area contributed by atoms with Crippen LogP contribution in [-0.2, 0) is 4.32 Å². The van der Waals surface area contributed by atoms with Gasteiger partial charge in [0, 0.05) is 4.32 Å². The smallest absolute Gasteiger partial charge is 0.0450 e. The van der Waals surface area contributed by atoms with Gasteiger partial charge in [0.25, 0.3) is 0 Å². The third-order valence-electron chi connectivity index (χ3n) is 4.01. The van der Waals surface area contributed by atoms with Crippen molar-refractivity contribution in [1.29, 1.82) is 0 Å².